The molecule has 104 valence electrons. The average molecular weight is 267 g/mol. The van der Waals surface area contributed by atoms with E-state index in [4.69, 9.17) is 4.74 Å². The van der Waals surface area contributed by atoms with Crippen LogP contribution in [0.5, 0.6) is 5.75 Å². The zero-order chi connectivity index (χ0) is 13.9. The number of ether oxygens (including phenoxy) is 1. The smallest absolute Gasteiger partial charge is 0.119 e. The molecule has 0 N–H and O–H groups in total. The molecule has 0 amide bonds. The van der Waals surface area contributed by atoms with Gasteiger partial charge in [-0.05, 0) is 48.4 Å². The zero-order valence-corrected chi connectivity index (χ0v) is 12.2. The van der Waals surface area contributed by atoms with E-state index in [2.05, 4.69) is 48.2 Å². The summed E-state index contributed by atoms with van der Waals surface area (Å²) in [6, 6.07) is 17.8. The maximum absolute atomic E-state index is 5.25. The van der Waals surface area contributed by atoms with Crippen LogP contribution in [0.3, 0.4) is 0 Å². The van der Waals surface area contributed by atoms with Crippen molar-refractivity contribution in [3.8, 4) is 5.75 Å². The predicted octanol–water partition coefficient (Wildman–Crippen LogP) is 5.08. The number of fused-ring (bicyclic) bond motifs is 3. The van der Waals surface area contributed by atoms with Crippen molar-refractivity contribution in [1.82, 2.24) is 0 Å². The van der Waals surface area contributed by atoms with Crippen LogP contribution in [-0.4, -0.2) is 7.11 Å². The van der Waals surface area contributed by atoms with Crippen LogP contribution >= 0.6 is 0 Å². The summed E-state index contributed by atoms with van der Waals surface area (Å²) in [5.74, 6) is 0.907. The van der Waals surface area contributed by atoms with E-state index in [0.29, 0.717) is 6.04 Å². The van der Waals surface area contributed by atoms with Crippen molar-refractivity contribution in [3.63, 3.8) is 0 Å². The van der Waals surface area contributed by atoms with Gasteiger partial charge in [-0.15, -0.1) is 0 Å². The molecule has 0 fully saturated rings. The number of rotatable bonds is 5. The summed E-state index contributed by atoms with van der Waals surface area (Å²) in [6.45, 7) is 2.25. The van der Waals surface area contributed by atoms with Crippen LogP contribution in [0.1, 0.15) is 37.8 Å². The molecular formula is C18H21NO. The molecule has 2 nitrogen and oxygen atoms in total. The third kappa shape index (κ3) is 2.26. The molecule has 4 rings (SSSR count). The van der Waals surface area contributed by atoms with E-state index in [1.807, 2.05) is 12.1 Å². The molecule has 2 aliphatic rings. The minimum Gasteiger partial charge on any atom is -0.497 e. The number of unbranched alkanes of at least 4 members (excludes halogenated alkanes) is 1. The zero-order valence-electron chi connectivity index (χ0n) is 12.2. The first-order valence-corrected chi connectivity index (χ1v) is 7.36. The number of benzene rings is 2. The summed E-state index contributed by atoms with van der Waals surface area (Å²) in [5.41, 5.74) is 3.95. The molecule has 1 atom stereocenters. The highest BCUT2D eigenvalue weighted by Crippen LogP contribution is 2.42. The Morgan fingerprint density at radius 1 is 0.950 bits per heavy atom. The summed E-state index contributed by atoms with van der Waals surface area (Å²) < 4.78 is 5.25. The molecular weight excluding hydrogens is 246 g/mol. The first-order chi connectivity index (χ1) is 9.83. The Morgan fingerprint density at radius 3 is 2.10 bits per heavy atom. The van der Waals surface area contributed by atoms with Gasteiger partial charge in [0.1, 0.15) is 5.75 Å². The lowest BCUT2D eigenvalue weighted by atomic mass is 9.93. The molecule has 0 aromatic heterocycles. The Labute approximate surface area is 121 Å². The van der Waals surface area contributed by atoms with Gasteiger partial charge in [0.15, 0.2) is 0 Å². The van der Waals surface area contributed by atoms with Crippen molar-refractivity contribution in [2.24, 2.45) is 0 Å². The minimum absolute atomic E-state index is 0.480. The second-order valence-corrected chi connectivity index (χ2v) is 5.32. The number of hydrogen-bond donors (Lipinski definition) is 0. The fraction of sp³-hybridized carbons (Fsp3) is 0.333. The monoisotopic (exact) mass is 267 g/mol. The van der Waals surface area contributed by atoms with Crippen LogP contribution < -0.4 is 9.64 Å². The van der Waals surface area contributed by atoms with Crippen LogP contribution in [0, 0.1) is 0 Å². The highest BCUT2D eigenvalue weighted by atomic mass is 16.5. The SMILES string of the molecule is CCCC[C@H]1c2ccc(cc2)N1c1ccc(OC)cc1. The molecule has 2 heterocycles. The van der Waals surface area contributed by atoms with Gasteiger partial charge in [-0.2, -0.15) is 0 Å². The van der Waals surface area contributed by atoms with Crippen LogP contribution in [0.4, 0.5) is 11.4 Å². The maximum atomic E-state index is 5.25. The van der Waals surface area contributed by atoms with E-state index in [9.17, 15) is 0 Å². The highest BCUT2D eigenvalue weighted by Gasteiger charge is 2.26. The molecule has 2 aromatic rings. The molecule has 0 saturated heterocycles. The van der Waals surface area contributed by atoms with Crippen LogP contribution in [0.2, 0.25) is 0 Å². The van der Waals surface area contributed by atoms with E-state index in [1.54, 1.807) is 7.11 Å². The van der Waals surface area contributed by atoms with E-state index in [-0.39, 0.29) is 0 Å². The van der Waals surface area contributed by atoms with Gasteiger partial charge in [0.2, 0.25) is 0 Å². The van der Waals surface area contributed by atoms with Gasteiger partial charge in [0.25, 0.3) is 0 Å². The van der Waals surface area contributed by atoms with Crippen molar-refractivity contribution in [2.75, 3.05) is 12.0 Å². The standard InChI is InChI=1S/C18H21NO/c1-3-4-5-18-14-6-8-15(9-7-14)19(18)16-10-12-17(20-2)13-11-16/h6-13,18H,3-5H2,1-2H3/t18-/m0/s1. The highest BCUT2D eigenvalue weighted by molar-refractivity contribution is 5.69. The van der Waals surface area contributed by atoms with Gasteiger partial charge in [0, 0.05) is 11.4 Å². The third-order valence-electron chi connectivity index (χ3n) is 4.05. The van der Waals surface area contributed by atoms with E-state index in [1.165, 1.54) is 36.2 Å². The lowest BCUT2D eigenvalue weighted by molar-refractivity contribution is 0.415. The molecule has 0 saturated carbocycles. The topological polar surface area (TPSA) is 12.5 Å². The molecule has 2 aliphatic heterocycles. The molecule has 2 bridgehead atoms. The van der Waals surface area contributed by atoms with Crippen molar-refractivity contribution < 1.29 is 4.74 Å². The summed E-state index contributed by atoms with van der Waals surface area (Å²) >= 11 is 0. The number of methoxy groups -OCH3 is 1. The second kappa shape index (κ2) is 5.58. The Hall–Kier alpha value is -1.96. The number of anilines is 2. The maximum Gasteiger partial charge on any atom is 0.119 e. The van der Waals surface area contributed by atoms with E-state index in [0.717, 1.165) is 5.75 Å². The van der Waals surface area contributed by atoms with Gasteiger partial charge >= 0.3 is 0 Å². The third-order valence-corrected chi connectivity index (χ3v) is 4.05. The molecule has 2 heteroatoms. The normalized spacial score (nSPS) is 16.5. The van der Waals surface area contributed by atoms with E-state index < -0.39 is 0 Å². The summed E-state index contributed by atoms with van der Waals surface area (Å²) in [5, 5.41) is 0. The van der Waals surface area contributed by atoms with Gasteiger partial charge in [-0.3, -0.25) is 0 Å². The van der Waals surface area contributed by atoms with E-state index >= 15 is 0 Å². The molecule has 0 unspecified atom stereocenters. The summed E-state index contributed by atoms with van der Waals surface area (Å²) in [7, 11) is 1.71. The first-order valence-electron chi connectivity index (χ1n) is 7.36. The van der Waals surface area contributed by atoms with Crippen LogP contribution in [-0.2, 0) is 0 Å². The molecule has 0 aliphatic carbocycles. The van der Waals surface area contributed by atoms with Crippen molar-refractivity contribution in [1.29, 1.82) is 0 Å². The summed E-state index contributed by atoms with van der Waals surface area (Å²) in [4.78, 5) is 2.45. The van der Waals surface area contributed by atoms with Crippen LogP contribution in [0.25, 0.3) is 0 Å². The van der Waals surface area contributed by atoms with Gasteiger partial charge in [-0.25, -0.2) is 0 Å². The van der Waals surface area contributed by atoms with Crippen molar-refractivity contribution in [3.05, 3.63) is 54.1 Å². The predicted molar refractivity (Wildman–Crippen MR) is 83.8 cm³/mol. The van der Waals surface area contributed by atoms with Crippen LogP contribution in [0.15, 0.2) is 48.5 Å². The first kappa shape index (κ1) is 13.0. The Bertz CT molecular complexity index is 559. The molecule has 2 aromatic carbocycles. The quantitative estimate of drug-likeness (QED) is 0.749. The molecule has 20 heavy (non-hydrogen) atoms. The Morgan fingerprint density at radius 2 is 1.55 bits per heavy atom. The fourth-order valence-corrected chi connectivity index (χ4v) is 2.95. The molecule has 0 radical (unpaired) electrons. The lowest BCUT2D eigenvalue weighted by Gasteiger charge is -2.38. The van der Waals surface area contributed by atoms with Crippen molar-refractivity contribution in [2.45, 2.75) is 32.2 Å². The van der Waals surface area contributed by atoms with Gasteiger partial charge in [-0.1, -0.05) is 31.9 Å². The molecule has 0 spiro atoms. The lowest BCUT2D eigenvalue weighted by Crippen LogP contribution is -2.27. The Balaban J connectivity index is 1.93. The van der Waals surface area contributed by atoms with Gasteiger partial charge in [0.05, 0.1) is 13.2 Å². The largest absolute Gasteiger partial charge is 0.497 e. The average Bonchev–Trinajstić information content (AvgIpc) is 2.53. The Kier molecular flexibility index (Phi) is 3.64. The number of nitrogens with zero attached hydrogens (tertiary/aromatic N) is 1. The minimum atomic E-state index is 0.480. The fourth-order valence-electron chi connectivity index (χ4n) is 2.95. The summed E-state index contributed by atoms with van der Waals surface area (Å²) in [6.07, 6.45) is 3.70. The van der Waals surface area contributed by atoms with Crippen molar-refractivity contribution >= 4 is 11.4 Å². The van der Waals surface area contributed by atoms with Gasteiger partial charge < -0.3 is 9.64 Å². The second-order valence-electron chi connectivity index (χ2n) is 5.32. The number of hydrogen-bond acceptors (Lipinski definition) is 2.